The van der Waals surface area contributed by atoms with Crippen molar-refractivity contribution >= 4 is 5.97 Å². The van der Waals surface area contributed by atoms with E-state index < -0.39 is 11.6 Å². The minimum Gasteiger partial charge on any atom is -0.476 e. The molecular weight excluding hydrogens is 212 g/mol. The molecule has 0 bridgehead atoms. The van der Waals surface area contributed by atoms with Crippen LogP contribution < -0.4 is 0 Å². The number of aromatic carboxylic acids is 1. The van der Waals surface area contributed by atoms with Gasteiger partial charge in [0.25, 0.3) is 0 Å². The van der Waals surface area contributed by atoms with Crippen LogP contribution in [-0.2, 0) is 6.54 Å². The molecule has 0 saturated carbocycles. The van der Waals surface area contributed by atoms with Crippen molar-refractivity contribution in [1.29, 1.82) is 0 Å². The largest absolute Gasteiger partial charge is 0.476 e. The zero-order chi connectivity index (χ0) is 11.8. The van der Waals surface area contributed by atoms with Gasteiger partial charge in [-0.3, -0.25) is 4.90 Å². The third kappa shape index (κ3) is 2.40. The molecule has 2 heterocycles. The number of aromatic nitrogens is 1. The summed E-state index contributed by atoms with van der Waals surface area (Å²) in [5.41, 5.74) is -0.740. The maximum absolute atomic E-state index is 10.6. The van der Waals surface area contributed by atoms with Crippen molar-refractivity contribution in [1.82, 2.24) is 10.1 Å². The Bertz CT molecular complexity index is 399. The first-order valence-corrected chi connectivity index (χ1v) is 5.10. The smallest absolute Gasteiger partial charge is 0.358 e. The molecule has 16 heavy (non-hydrogen) atoms. The van der Waals surface area contributed by atoms with Crippen LogP contribution in [-0.4, -0.2) is 44.9 Å². The number of likely N-dealkylation sites (tertiary alicyclic amines) is 1. The Morgan fingerprint density at radius 3 is 3.00 bits per heavy atom. The van der Waals surface area contributed by atoms with Crippen molar-refractivity contribution in [2.24, 2.45) is 0 Å². The van der Waals surface area contributed by atoms with E-state index in [0.717, 1.165) is 6.54 Å². The molecule has 1 aliphatic heterocycles. The van der Waals surface area contributed by atoms with Crippen molar-refractivity contribution in [3.63, 3.8) is 0 Å². The van der Waals surface area contributed by atoms with Gasteiger partial charge in [0.15, 0.2) is 11.5 Å². The Kier molecular flexibility index (Phi) is 2.69. The summed E-state index contributed by atoms with van der Waals surface area (Å²) in [6.45, 7) is 3.61. The lowest BCUT2D eigenvalue weighted by Crippen LogP contribution is -2.29. The molecule has 6 heteroatoms. The van der Waals surface area contributed by atoms with E-state index in [0.29, 0.717) is 25.3 Å². The summed E-state index contributed by atoms with van der Waals surface area (Å²) in [7, 11) is 0. The van der Waals surface area contributed by atoms with E-state index in [1.165, 1.54) is 6.07 Å². The van der Waals surface area contributed by atoms with Gasteiger partial charge in [0.1, 0.15) is 0 Å². The van der Waals surface area contributed by atoms with Crippen LogP contribution in [0.15, 0.2) is 10.6 Å². The molecule has 1 atom stereocenters. The number of nitrogens with zero attached hydrogens (tertiary/aromatic N) is 2. The van der Waals surface area contributed by atoms with E-state index in [1.54, 1.807) is 6.92 Å². The Morgan fingerprint density at radius 2 is 2.50 bits per heavy atom. The first kappa shape index (κ1) is 11.1. The van der Waals surface area contributed by atoms with Crippen LogP contribution in [0.3, 0.4) is 0 Å². The summed E-state index contributed by atoms with van der Waals surface area (Å²) in [5, 5.41) is 21.9. The fourth-order valence-corrected chi connectivity index (χ4v) is 1.88. The van der Waals surface area contributed by atoms with Crippen LogP contribution in [0.4, 0.5) is 0 Å². The quantitative estimate of drug-likeness (QED) is 0.772. The number of carboxylic acids is 1. The summed E-state index contributed by atoms with van der Waals surface area (Å²) in [5.74, 6) is -0.585. The highest BCUT2D eigenvalue weighted by molar-refractivity contribution is 5.85. The molecule has 1 aliphatic rings. The van der Waals surface area contributed by atoms with Gasteiger partial charge in [0.2, 0.25) is 0 Å². The molecule has 1 aromatic rings. The fourth-order valence-electron chi connectivity index (χ4n) is 1.88. The summed E-state index contributed by atoms with van der Waals surface area (Å²) < 4.78 is 4.90. The minimum atomic E-state index is -1.09. The normalized spacial score (nSPS) is 26.1. The number of hydrogen-bond donors (Lipinski definition) is 2. The van der Waals surface area contributed by atoms with Gasteiger partial charge in [0.05, 0.1) is 12.1 Å². The van der Waals surface area contributed by atoms with Gasteiger partial charge in [-0.2, -0.15) is 0 Å². The van der Waals surface area contributed by atoms with E-state index >= 15 is 0 Å². The first-order chi connectivity index (χ1) is 7.46. The second-order valence-electron chi connectivity index (χ2n) is 4.44. The summed E-state index contributed by atoms with van der Waals surface area (Å²) in [4.78, 5) is 12.6. The molecule has 1 unspecified atom stereocenters. The minimum absolute atomic E-state index is 0.0824. The highest BCUT2D eigenvalue weighted by Crippen LogP contribution is 2.22. The monoisotopic (exact) mass is 226 g/mol. The van der Waals surface area contributed by atoms with Crippen LogP contribution in [0.2, 0.25) is 0 Å². The van der Waals surface area contributed by atoms with Crippen LogP contribution >= 0.6 is 0 Å². The molecule has 1 aromatic heterocycles. The van der Waals surface area contributed by atoms with Crippen molar-refractivity contribution in [2.75, 3.05) is 13.1 Å². The molecule has 0 aliphatic carbocycles. The predicted octanol–water partition coefficient (Wildman–Crippen LogP) is 0.330. The summed E-state index contributed by atoms with van der Waals surface area (Å²) in [6, 6.07) is 1.41. The maximum Gasteiger partial charge on any atom is 0.358 e. The second kappa shape index (κ2) is 3.88. The topological polar surface area (TPSA) is 86.8 Å². The molecule has 0 radical (unpaired) electrons. The molecule has 2 N–H and O–H groups in total. The number of carboxylic acid groups (broad SMARTS) is 1. The van der Waals surface area contributed by atoms with Crippen molar-refractivity contribution in [3.05, 3.63) is 17.5 Å². The average Bonchev–Trinajstić information content (AvgIpc) is 2.73. The van der Waals surface area contributed by atoms with E-state index in [9.17, 15) is 9.90 Å². The Balaban J connectivity index is 1.97. The lowest BCUT2D eigenvalue weighted by molar-refractivity contribution is 0.0667. The Morgan fingerprint density at radius 1 is 1.75 bits per heavy atom. The van der Waals surface area contributed by atoms with E-state index in [-0.39, 0.29) is 5.69 Å². The van der Waals surface area contributed by atoms with Gasteiger partial charge in [-0.1, -0.05) is 5.16 Å². The lowest BCUT2D eigenvalue weighted by atomic mass is 10.1. The first-order valence-electron chi connectivity index (χ1n) is 5.10. The highest BCUT2D eigenvalue weighted by atomic mass is 16.5. The zero-order valence-corrected chi connectivity index (χ0v) is 9.01. The molecule has 0 aromatic carbocycles. The number of carbonyl (C=O) groups is 1. The molecule has 0 amide bonds. The molecule has 6 nitrogen and oxygen atoms in total. The Labute approximate surface area is 92.5 Å². The number of hydrogen-bond acceptors (Lipinski definition) is 5. The van der Waals surface area contributed by atoms with E-state index in [4.69, 9.17) is 9.63 Å². The predicted molar refractivity (Wildman–Crippen MR) is 54.0 cm³/mol. The maximum atomic E-state index is 10.6. The van der Waals surface area contributed by atoms with Crippen molar-refractivity contribution < 1.29 is 19.5 Å². The van der Waals surface area contributed by atoms with Crippen molar-refractivity contribution in [2.45, 2.75) is 25.5 Å². The molecule has 2 rings (SSSR count). The number of aliphatic hydroxyl groups is 1. The Hall–Kier alpha value is -1.40. The van der Waals surface area contributed by atoms with E-state index in [1.807, 2.05) is 4.90 Å². The molecule has 0 spiro atoms. The van der Waals surface area contributed by atoms with E-state index in [2.05, 4.69) is 5.16 Å². The average molecular weight is 226 g/mol. The van der Waals surface area contributed by atoms with Crippen molar-refractivity contribution in [3.8, 4) is 0 Å². The van der Waals surface area contributed by atoms with Crippen LogP contribution in [0, 0.1) is 0 Å². The second-order valence-corrected chi connectivity index (χ2v) is 4.44. The number of rotatable bonds is 3. The van der Waals surface area contributed by atoms with Crippen LogP contribution in [0.25, 0.3) is 0 Å². The summed E-state index contributed by atoms with van der Waals surface area (Å²) in [6.07, 6.45) is 0.715. The zero-order valence-electron chi connectivity index (χ0n) is 9.01. The lowest BCUT2D eigenvalue weighted by Gasteiger charge is -2.17. The third-order valence-corrected chi connectivity index (χ3v) is 2.69. The van der Waals surface area contributed by atoms with Gasteiger partial charge in [-0.25, -0.2) is 4.79 Å². The van der Waals surface area contributed by atoms with Gasteiger partial charge < -0.3 is 14.7 Å². The van der Waals surface area contributed by atoms with Gasteiger partial charge >= 0.3 is 5.97 Å². The van der Waals surface area contributed by atoms with Gasteiger partial charge in [-0.15, -0.1) is 0 Å². The molecule has 88 valence electrons. The standard InChI is InChI=1S/C10H14N2O4/c1-10(15)2-3-12(6-10)5-7-4-8(9(13)14)11-16-7/h4,15H,2-3,5-6H2,1H3,(H,13,14). The number of β-amino-alcohol motifs (C(OH)–C–C–N with tert-alkyl or cyclic N) is 1. The van der Waals surface area contributed by atoms with Crippen LogP contribution in [0.1, 0.15) is 29.6 Å². The van der Waals surface area contributed by atoms with Gasteiger partial charge in [-0.05, 0) is 13.3 Å². The van der Waals surface area contributed by atoms with Crippen LogP contribution in [0.5, 0.6) is 0 Å². The molecule has 1 saturated heterocycles. The third-order valence-electron chi connectivity index (χ3n) is 2.69. The molecule has 1 fully saturated rings. The SMILES string of the molecule is CC1(O)CCN(Cc2cc(C(=O)O)no2)C1. The summed E-state index contributed by atoms with van der Waals surface area (Å²) >= 11 is 0. The highest BCUT2D eigenvalue weighted by Gasteiger charge is 2.31. The van der Waals surface area contributed by atoms with Gasteiger partial charge in [0, 0.05) is 19.2 Å². The fraction of sp³-hybridized carbons (Fsp3) is 0.600. The molecular formula is C10H14N2O4.